The van der Waals surface area contributed by atoms with Crippen LogP contribution in [0.5, 0.6) is 0 Å². The third-order valence-electron chi connectivity index (χ3n) is 3.00. The lowest BCUT2D eigenvalue weighted by Crippen LogP contribution is -2.13. The predicted octanol–water partition coefficient (Wildman–Crippen LogP) is 2.96. The molecule has 106 valence electrons. The second-order valence-corrected chi connectivity index (χ2v) is 5.61. The van der Waals surface area contributed by atoms with E-state index < -0.39 is 0 Å². The largest absolute Gasteiger partial charge is 0.322 e. The summed E-state index contributed by atoms with van der Waals surface area (Å²) in [6, 6.07) is 9.24. The normalized spacial score (nSPS) is 12.3. The fourth-order valence-corrected chi connectivity index (χ4v) is 2.71. The number of nitrogens with one attached hydrogen (secondary N) is 1. The maximum atomic E-state index is 12.2. The molecule has 3 aromatic rings. The van der Waals surface area contributed by atoms with Crippen LogP contribution in [-0.2, 0) is 0 Å². The van der Waals surface area contributed by atoms with Crippen molar-refractivity contribution in [2.24, 2.45) is 5.73 Å². The van der Waals surface area contributed by atoms with Gasteiger partial charge >= 0.3 is 0 Å². The smallest absolute Gasteiger partial charge is 0.275 e. The van der Waals surface area contributed by atoms with E-state index in [1.165, 1.54) is 11.3 Å². The van der Waals surface area contributed by atoms with Crippen LogP contribution in [0.1, 0.15) is 28.5 Å². The molecule has 3 N–H and O–H groups in total. The van der Waals surface area contributed by atoms with Crippen LogP contribution in [0.25, 0.3) is 10.9 Å². The van der Waals surface area contributed by atoms with E-state index in [1.807, 2.05) is 37.3 Å². The Morgan fingerprint density at radius 3 is 3.00 bits per heavy atom. The average molecular weight is 298 g/mol. The Labute approximate surface area is 125 Å². The molecule has 0 aliphatic carbocycles. The first-order chi connectivity index (χ1) is 10.1. The molecule has 6 heteroatoms. The standard InChI is InChI=1S/C15H14N4OS/c1-9(16)15-19-13(8-21-15)14(20)18-11-4-5-12-10(7-11)3-2-6-17-12/h2-9H,16H2,1H3,(H,18,20). The maximum absolute atomic E-state index is 12.2. The van der Waals surface area contributed by atoms with E-state index in [0.29, 0.717) is 5.69 Å². The molecule has 0 aliphatic heterocycles. The minimum atomic E-state index is -0.235. The first kappa shape index (κ1) is 13.7. The van der Waals surface area contributed by atoms with Crippen LogP contribution in [0, 0.1) is 0 Å². The van der Waals surface area contributed by atoms with E-state index in [9.17, 15) is 4.79 Å². The number of hydrogen-bond acceptors (Lipinski definition) is 5. The fraction of sp³-hybridized carbons (Fsp3) is 0.133. The molecule has 2 aromatic heterocycles. The van der Waals surface area contributed by atoms with Crippen molar-refractivity contribution in [2.75, 3.05) is 5.32 Å². The molecular weight excluding hydrogens is 284 g/mol. The summed E-state index contributed by atoms with van der Waals surface area (Å²) in [6.07, 6.45) is 1.74. The van der Waals surface area contributed by atoms with Crippen LogP contribution in [0.4, 0.5) is 5.69 Å². The van der Waals surface area contributed by atoms with Gasteiger partial charge in [0.1, 0.15) is 10.7 Å². The van der Waals surface area contributed by atoms with Crippen LogP contribution in [-0.4, -0.2) is 15.9 Å². The number of carbonyl (C=O) groups excluding carboxylic acids is 1. The Balaban J connectivity index is 1.81. The summed E-state index contributed by atoms with van der Waals surface area (Å²) in [4.78, 5) is 20.6. The van der Waals surface area contributed by atoms with Crippen LogP contribution >= 0.6 is 11.3 Å². The molecule has 0 aliphatic rings. The van der Waals surface area contributed by atoms with Gasteiger partial charge in [-0.3, -0.25) is 9.78 Å². The molecule has 21 heavy (non-hydrogen) atoms. The zero-order valence-electron chi connectivity index (χ0n) is 11.4. The quantitative estimate of drug-likeness (QED) is 0.779. The van der Waals surface area contributed by atoms with Crippen LogP contribution in [0.3, 0.4) is 0 Å². The van der Waals surface area contributed by atoms with Gasteiger partial charge in [-0.2, -0.15) is 0 Å². The van der Waals surface area contributed by atoms with E-state index in [1.54, 1.807) is 11.6 Å². The molecule has 1 atom stereocenters. The van der Waals surface area contributed by atoms with Crippen molar-refractivity contribution in [3.8, 4) is 0 Å². The lowest BCUT2D eigenvalue weighted by Gasteiger charge is -2.04. The van der Waals surface area contributed by atoms with Crippen molar-refractivity contribution in [1.29, 1.82) is 0 Å². The van der Waals surface area contributed by atoms with Gasteiger partial charge < -0.3 is 11.1 Å². The second kappa shape index (κ2) is 5.59. The molecular formula is C15H14N4OS. The summed E-state index contributed by atoms with van der Waals surface area (Å²) in [5.74, 6) is -0.235. The van der Waals surface area contributed by atoms with Gasteiger partial charge in [0.2, 0.25) is 0 Å². The number of pyridine rings is 1. The summed E-state index contributed by atoms with van der Waals surface area (Å²) in [6.45, 7) is 1.84. The number of nitrogens with two attached hydrogens (primary N) is 1. The zero-order chi connectivity index (χ0) is 14.8. The van der Waals surface area contributed by atoms with Gasteiger partial charge in [-0.15, -0.1) is 11.3 Å². The molecule has 1 unspecified atom stereocenters. The Morgan fingerprint density at radius 2 is 2.24 bits per heavy atom. The molecule has 0 saturated heterocycles. The van der Waals surface area contributed by atoms with Crippen LogP contribution in [0.15, 0.2) is 41.9 Å². The first-order valence-electron chi connectivity index (χ1n) is 6.50. The van der Waals surface area contributed by atoms with Gasteiger partial charge in [-0.05, 0) is 31.2 Å². The Bertz CT molecular complexity index is 797. The van der Waals surface area contributed by atoms with Crippen molar-refractivity contribution < 1.29 is 4.79 Å². The lowest BCUT2D eigenvalue weighted by molar-refractivity contribution is 0.102. The summed E-state index contributed by atoms with van der Waals surface area (Å²) in [5, 5.41) is 6.29. The Hall–Kier alpha value is -2.31. The number of benzene rings is 1. The number of fused-ring (bicyclic) bond motifs is 1. The SMILES string of the molecule is CC(N)c1nc(C(=O)Nc2ccc3ncccc3c2)cs1. The third-order valence-corrected chi connectivity index (χ3v) is 4.05. The van der Waals surface area contributed by atoms with E-state index in [0.717, 1.165) is 21.6 Å². The average Bonchev–Trinajstić information content (AvgIpc) is 2.97. The van der Waals surface area contributed by atoms with Crippen LogP contribution < -0.4 is 11.1 Å². The number of amides is 1. The molecule has 0 radical (unpaired) electrons. The van der Waals surface area contributed by atoms with E-state index in [2.05, 4.69) is 15.3 Å². The lowest BCUT2D eigenvalue weighted by atomic mass is 10.2. The molecule has 3 rings (SSSR count). The van der Waals surface area contributed by atoms with Gasteiger partial charge in [0.15, 0.2) is 0 Å². The molecule has 1 aromatic carbocycles. The highest BCUT2D eigenvalue weighted by atomic mass is 32.1. The number of nitrogens with zero attached hydrogens (tertiary/aromatic N) is 2. The topological polar surface area (TPSA) is 80.9 Å². The van der Waals surface area contributed by atoms with Crippen molar-refractivity contribution >= 4 is 33.8 Å². The van der Waals surface area contributed by atoms with E-state index >= 15 is 0 Å². The number of carbonyl (C=O) groups is 1. The summed E-state index contributed by atoms with van der Waals surface area (Å²) in [7, 11) is 0. The fourth-order valence-electron chi connectivity index (χ4n) is 1.95. The molecule has 0 fully saturated rings. The minimum Gasteiger partial charge on any atom is -0.322 e. The minimum absolute atomic E-state index is 0.164. The molecule has 1 amide bonds. The molecule has 0 saturated carbocycles. The number of thiazole rings is 1. The van der Waals surface area contributed by atoms with E-state index in [-0.39, 0.29) is 11.9 Å². The number of rotatable bonds is 3. The molecule has 0 spiro atoms. The summed E-state index contributed by atoms with van der Waals surface area (Å²) in [5.41, 5.74) is 7.75. The number of aromatic nitrogens is 2. The zero-order valence-corrected chi connectivity index (χ0v) is 12.2. The van der Waals surface area contributed by atoms with Crippen molar-refractivity contribution in [3.63, 3.8) is 0 Å². The number of anilines is 1. The van der Waals surface area contributed by atoms with Gasteiger partial charge in [0.05, 0.1) is 11.6 Å². The Kier molecular flexibility index (Phi) is 3.64. The summed E-state index contributed by atoms with van der Waals surface area (Å²) < 4.78 is 0. The number of hydrogen-bond donors (Lipinski definition) is 2. The maximum Gasteiger partial charge on any atom is 0.275 e. The highest BCUT2D eigenvalue weighted by Gasteiger charge is 2.13. The van der Waals surface area contributed by atoms with Gasteiger partial charge in [0, 0.05) is 22.7 Å². The van der Waals surface area contributed by atoms with Crippen molar-refractivity contribution in [1.82, 2.24) is 9.97 Å². The first-order valence-corrected chi connectivity index (χ1v) is 7.38. The summed E-state index contributed by atoms with van der Waals surface area (Å²) >= 11 is 1.39. The molecule has 0 bridgehead atoms. The monoisotopic (exact) mass is 298 g/mol. The van der Waals surface area contributed by atoms with E-state index in [4.69, 9.17) is 5.73 Å². The van der Waals surface area contributed by atoms with Gasteiger partial charge in [0.25, 0.3) is 5.91 Å². The Morgan fingerprint density at radius 1 is 1.38 bits per heavy atom. The predicted molar refractivity (Wildman–Crippen MR) is 84.4 cm³/mol. The van der Waals surface area contributed by atoms with Gasteiger partial charge in [-0.1, -0.05) is 6.07 Å². The molecule has 5 nitrogen and oxygen atoms in total. The van der Waals surface area contributed by atoms with Crippen LogP contribution in [0.2, 0.25) is 0 Å². The van der Waals surface area contributed by atoms with Crippen molar-refractivity contribution in [2.45, 2.75) is 13.0 Å². The highest BCUT2D eigenvalue weighted by molar-refractivity contribution is 7.09. The second-order valence-electron chi connectivity index (χ2n) is 4.72. The van der Waals surface area contributed by atoms with Crippen molar-refractivity contribution in [3.05, 3.63) is 52.6 Å². The highest BCUT2D eigenvalue weighted by Crippen LogP contribution is 2.19. The van der Waals surface area contributed by atoms with Gasteiger partial charge in [-0.25, -0.2) is 4.98 Å². The third kappa shape index (κ3) is 2.91. The molecule has 2 heterocycles.